The quantitative estimate of drug-likeness (QED) is 0.651. The summed E-state index contributed by atoms with van der Waals surface area (Å²) in [7, 11) is 0. The fourth-order valence-electron chi connectivity index (χ4n) is 2.52. The Balaban J connectivity index is 2.34. The van der Waals surface area contributed by atoms with E-state index >= 15 is 0 Å². The van der Waals surface area contributed by atoms with Crippen LogP contribution in [0.3, 0.4) is 0 Å². The lowest BCUT2D eigenvalue weighted by atomic mass is 9.88. The smallest absolute Gasteiger partial charge is 0.126 e. The van der Waals surface area contributed by atoms with Gasteiger partial charge in [-0.2, -0.15) is 0 Å². The van der Waals surface area contributed by atoms with E-state index in [1.165, 1.54) is 6.42 Å². The van der Waals surface area contributed by atoms with Crippen LogP contribution in [0.4, 0.5) is 5.69 Å². The van der Waals surface area contributed by atoms with Crippen molar-refractivity contribution in [2.45, 2.75) is 20.3 Å². The molecule has 1 heterocycles. The number of amidine groups is 1. The number of hydrogen-bond acceptors (Lipinski definition) is 2. The molecular weight excluding hydrogens is 290 g/mol. The Bertz CT molecular complexity index is 458. The second-order valence-corrected chi connectivity index (χ2v) is 6.09. The van der Waals surface area contributed by atoms with Crippen LogP contribution in [0.2, 0.25) is 0 Å². The molecule has 1 saturated heterocycles. The van der Waals surface area contributed by atoms with Crippen LogP contribution in [-0.2, 0) is 0 Å². The third-order valence-electron chi connectivity index (χ3n) is 3.94. The van der Waals surface area contributed by atoms with Gasteiger partial charge in [0.05, 0.1) is 5.56 Å². The van der Waals surface area contributed by atoms with Crippen molar-refractivity contribution in [1.82, 2.24) is 0 Å². The molecule has 18 heavy (non-hydrogen) atoms. The first-order valence-electron chi connectivity index (χ1n) is 6.38. The van der Waals surface area contributed by atoms with Gasteiger partial charge < -0.3 is 10.6 Å². The largest absolute Gasteiger partial charge is 0.384 e. The summed E-state index contributed by atoms with van der Waals surface area (Å²) < 4.78 is 0.902. The van der Waals surface area contributed by atoms with Gasteiger partial charge in [-0.1, -0.05) is 19.9 Å². The summed E-state index contributed by atoms with van der Waals surface area (Å²) in [5, 5.41) is 7.75. The van der Waals surface area contributed by atoms with E-state index in [0.29, 0.717) is 5.92 Å². The van der Waals surface area contributed by atoms with Crippen LogP contribution in [-0.4, -0.2) is 18.9 Å². The average molecular weight is 310 g/mol. The number of piperidine rings is 1. The van der Waals surface area contributed by atoms with Gasteiger partial charge in [0, 0.05) is 23.2 Å². The normalized spacial score (nSPS) is 24.1. The van der Waals surface area contributed by atoms with Crippen molar-refractivity contribution in [3.63, 3.8) is 0 Å². The van der Waals surface area contributed by atoms with E-state index in [4.69, 9.17) is 11.1 Å². The monoisotopic (exact) mass is 309 g/mol. The number of nitrogens with zero attached hydrogens (tertiary/aromatic N) is 1. The maximum Gasteiger partial charge on any atom is 0.126 e. The molecule has 1 aromatic rings. The highest BCUT2D eigenvalue weighted by atomic mass is 79.9. The second kappa shape index (κ2) is 5.31. The zero-order valence-electron chi connectivity index (χ0n) is 10.9. The van der Waals surface area contributed by atoms with Crippen LogP contribution in [0.5, 0.6) is 0 Å². The zero-order valence-corrected chi connectivity index (χ0v) is 12.5. The highest BCUT2D eigenvalue weighted by molar-refractivity contribution is 9.10. The summed E-state index contributed by atoms with van der Waals surface area (Å²) in [6, 6.07) is 6.01. The molecule has 0 bridgehead atoms. The highest BCUT2D eigenvalue weighted by Gasteiger charge is 2.25. The van der Waals surface area contributed by atoms with Crippen LogP contribution >= 0.6 is 15.9 Å². The molecular formula is C14H20BrN3. The highest BCUT2D eigenvalue weighted by Crippen LogP contribution is 2.32. The number of rotatable bonds is 2. The number of halogens is 1. The zero-order chi connectivity index (χ0) is 13.3. The molecule has 3 N–H and O–H groups in total. The van der Waals surface area contributed by atoms with Gasteiger partial charge >= 0.3 is 0 Å². The first kappa shape index (κ1) is 13.4. The van der Waals surface area contributed by atoms with E-state index in [0.717, 1.165) is 34.7 Å². The maximum absolute atomic E-state index is 7.75. The molecule has 4 heteroatoms. The van der Waals surface area contributed by atoms with Crippen molar-refractivity contribution in [3.05, 3.63) is 28.2 Å². The molecule has 1 fully saturated rings. The number of hydrogen-bond donors (Lipinski definition) is 2. The SMILES string of the molecule is CC1CCN(c2cccc(Br)c2C(=N)N)CC1C. The van der Waals surface area contributed by atoms with Gasteiger partial charge in [-0.05, 0) is 46.3 Å². The predicted octanol–water partition coefficient (Wildman–Crippen LogP) is 3.22. The second-order valence-electron chi connectivity index (χ2n) is 5.24. The van der Waals surface area contributed by atoms with E-state index in [2.05, 4.69) is 40.7 Å². The Morgan fingerprint density at radius 2 is 2.11 bits per heavy atom. The number of anilines is 1. The lowest BCUT2D eigenvalue weighted by molar-refractivity contribution is 0.324. The van der Waals surface area contributed by atoms with Crippen LogP contribution in [0, 0.1) is 17.2 Å². The van der Waals surface area contributed by atoms with Crippen molar-refractivity contribution in [3.8, 4) is 0 Å². The number of nitrogens with two attached hydrogens (primary N) is 1. The van der Waals surface area contributed by atoms with Crippen LogP contribution in [0.25, 0.3) is 0 Å². The lowest BCUT2D eigenvalue weighted by Crippen LogP contribution is -2.39. The fraction of sp³-hybridized carbons (Fsp3) is 0.500. The molecule has 1 aromatic carbocycles. The summed E-state index contributed by atoms with van der Waals surface area (Å²) in [5.41, 5.74) is 7.61. The van der Waals surface area contributed by atoms with Gasteiger partial charge in [-0.15, -0.1) is 0 Å². The molecule has 0 radical (unpaired) electrons. The summed E-state index contributed by atoms with van der Waals surface area (Å²) >= 11 is 3.49. The molecule has 1 aliphatic rings. The summed E-state index contributed by atoms with van der Waals surface area (Å²) in [6.45, 7) is 6.69. The van der Waals surface area contributed by atoms with Crippen LogP contribution in [0.15, 0.2) is 22.7 Å². The number of nitrogen functional groups attached to an aromatic ring is 1. The summed E-state index contributed by atoms with van der Waals surface area (Å²) in [4.78, 5) is 2.35. The molecule has 0 saturated carbocycles. The topological polar surface area (TPSA) is 53.1 Å². The molecule has 1 aliphatic heterocycles. The molecule has 0 aliphatic carbocycles. The minimum absolute atomic E-state index is 0.128. The molecule has 0 spiro atoms. The standard InChI is InChI=1S/C14H20BrN3/c1-9-6-7-18(8-10(9)2)12-5-3-4-11(15)13(12)14(16)17/h3-5,9-10H,6-8H2,1-2H3,(H3,16,17). The van der Waals surface area contributed by atoms with Crippen molar-refractivity contribution < 1.29 is 0 Å². The van der Waals surface area contributed by atoms with Gasteiger partial charge in [0.1, 0.15) is 5.84 Å². The van der Waals surface area contributed by atoms with E-state index < -0.39 is 0 Å². The summed E-state index contributed by atoms with van der Waals surface area (Å²) in [5.74, 6) is 1.58. The van der Waals surface area contributed by atoms with Gasteiger partial charge in [0.15, 0.2) is 0 Å². The van der Waals surface area contributed by atoms with E-state index in [1.54, 1.807) is 0 Å². The Morgan fingerprint density at radius 3 is 2.72 bits per heavy atom. The molecule has 2 atom stereocenters. The van der Waals surface area contributed by atoms with Gasteiger partial charge in [-0.25, -0.2) is 0 Å². The Labute approximate surface area is 117 Å². The van der Waals surface area contributed by atoms with Gasteiger partial charge in [-0.3, -0.25) is 5.41 Å². The fourth-order valence-corrected chi connectivity index (χ4v) is 3.09. The van der Waals surface area contributed by atoms with Crippen molar-refractivity contribution >= 4 is 27.5 Å². The Morgan fingerprint density at radius 1 is 1.39 bits per heavy atom. The molecule has 3 nitrogen and oxygen atoms in total. The van der Waals surface area contributed by atoms with E-state index in [-0.39, 0.29) is 5.84 Å². The minimum atomic E-state index is 0.128. The summed E-state index contributed by atoms with van der Waals surface area (Å²) in [6.07, 6.45) is 1.20. The van der Waals surface area contributed by atoms with Crippen molar-refractivity contribution in [2.75, 3.05) is 18.0 Å². The third kappa shape index (κ3) is 2.53. The van der Waals surface area contributed by atoms with E-state index in [1.807, 2.05) is 12.1 Å². The average Bonchev–Trinajstić information content (AvgIpc) is 2.32. The number of benzene rings is 1. The van der Waals surface area contributed by atoms with Gasteiger partial charge in [0.25, 0.3) is 0 Å². The Hall–Kier alpha value is -1.03. The Kier molecular flexibility index (Phi) is 3.95. The predicted molar refractivity (Wildman–Crippen MR) is 80.3 cm³/mol. The third-order valence-corrected chi connectivity index (χ3v) is 4.60. The molecule has 2 rings (SSSR count). The van der Waals surface area contributed by atoms with Crippen LogP contribution in [0.1, 0.15) is 25.8 Å². The lowest BCUT2D eigenvalue weighted by Gasteiger charge is -2.37. The minimum Gasteiger partial charge on any atom is -0.384 e. The molecule has 0 aromatic heterocycles. The van der Waals surface area contributed by atoms with Gasteiger partial charge in [0.2, 0.25) is 0 Å². The first-order valence-corrected chi connectivity index (χ1v) is 7.18. The maximum atomic E-state index is 7.75. The van der Waals surface area contributed by atoms with Crippen molar-refractivity contribution in [2.24, 2.45) is 17.6 Å². The molecule has 0 amide bonds. The number of nitrogens with one attached hydrogen (secondary N) is 1. The molecule has 98 valence electrons. The molecule has 2 unspecified atom stereocenters. The van der Waals surface area contributed by atoms with Crippen molar-refractivity contribution in [1.29, 1.82) is 5.41 Å². The van der Waals surface area contributed by atoms with Crippen LogP contribution < -0.4 is 10.6 Å². The van der Waals surface area contributed by atoms with E-state index in [9.17, 15) is 0 Å². The first-order chi connectivity index (χ1) is 8.50.